The third kappa shape index (κ3) is 4.28. The van der Waals surface area contributed by atoms with Crippen LogP contribution in [0.4, 0.5) is 10.8 Å². The van der Waals surface area contributed by atoms with Crippen LogP contribution in [0.3, 0.4) is 0 Å². The van der Waals surface area contributed by atoms with Gasteiger partial charge in [-0.2, -0.15) is 0 Å². The van der Waals surface area contributed by atoms with Crippen LogP contribution in [0, 0.1) is 5.92 Å². The van der Waals surface area contributed by atoms with E-state index >= 15 is 0 Å². The van der Waals surface area contributed by atoms with E-state index < -0.39 is 0 Å². The van der Waals surface area contributed by atoms with E-state index in [0.717, 1.165) is 30.5 Å². The molecule has 5 nitrogen and oxygen atoms in total. The van der Waals surface area contributed by atoms with Gasteiger partial charge in [0.15, 0.2) is 5.13 Å². The van der Waals surface area contributed by atoms with Crippen molar-refractivity contribution >= 4 is 34.0 Å². The molecule has 0 radical (unpaired) electrons. The Morgan fingerprint density at radius 2 is 1.89 bits per heavy atom. The molecule has 0 saturated heterocycles. The molecule has 1 fully saturated rings. The fourth-order valence-corrected chi connectivity index (χ4v) is 3.59. The normalized spacial score (nSPS) is 13.2. The summed E-state index contributed by atoms with van der Waals surface area (Å²) in [5.74, 6) is -0.0985. The Bertz CT molecular complexity index is 1010. The van der Waals surface area contributed by atoms with E-state index in [0.29, 0.717) is 16.4 Å². The largest absolute Gasteiger partial charge is 0.326 e. The molecule has 4 rings (SSSR count). The molecular formula is C22H21N3O2S. The van der Waals surface area contributed by atoms with Crippen LogP contribution in [0.25, 0.3) is 11.3 Å². The van der Waals surface area contributed by atoms with E-state index in [-0.39, 0.29) is 17.7 Å². The maximum atomic E-state index is 12.6. The Labute approximate surface area is 167 Å². The number of hydrogen-bond donors (Lipinski definition) is 2. The van der Waals surface area contributed by atoms with Gasteiger partial charge in [0.2, 0.25) is 5.91 Å². The quantitative estimate of drug-likeness (QED) is 0.623. The molecule has 6 heteroatoms. The fourth-order valence-electron chi connectivity index (χ4n) is 2.87. The second-order valence-corrected chi connectivity index (χ2v) is 7.74. The van der Waals surface area contributed by atoms with E-state index in [2.05, 4.69) is 34.7 Å². The van der Waals surface area contributed by atoms with Gasteiger partial charge >= 0.3 is 0 Å². The van der Waals surface area contributed by atoms with Crippen molar-refractivity contribution in [2.45, 2.75) is 26.2 Å². The molecule has 2 aromatic carbocycles. The average molecular weight is 391 g/mol. The Morgan fingerprint density at radius 1 is 1.11 bits per heavy atom. The summed E-state index contributed by atoms with van der Waals surface area (Å²) in [6.07, 6.45) is 2.89. The van der Waals surface area contributed by atoms with Gasteiger partial charge in [0.1, 0.15) is 0 Å². The van der Waals surface area contributed by atoms with E-state index in [4.69, 9.17) is 0 Å². The minimum Gasteiger partial charge on any atom is -0.326 e. The van der Waals surface area contributed by atoms with Crippen LogP contribution in [0.1, 0.15) is 35.7 Å². The molecule has 1 saturated carbocycles. The van der Waals surface area contributed by atoms with Crippen LogP contribution >= 0.6 is 11.3 Å². The highest BCUT2D eigenvalue weighted by Crippen LogP contribution is 2.30. The number of amides is 2. The SMILES string of the molecule is CCc1ccc(-c2csc(NC(=O)c3cccc(NC(=O)C4CC4)c3)n2)cc1. The first-order chi connectivity index (χ1) is 13.6. The molecule has 1 aliphatic rings. The molecule has 0 bridgehead atoms. The lowest BCUT2D eigenvalue weighted by Gasteiger charge is -2.07. The van der Waals surface area contributed by atoms with Gasteiger partial charge in [-0.3, -0.25) is 14.9 Å². The number of carbonyl (C=O) groups is 2. The number of thiazole rings is 1. The summed E-state index contributed by atoms with van der Waals surface area (Å²) >= 11 is 1.39. The van der Waals surface area contributed by atoms with Crippen LogP contribution in [0.15, 0.2) is 53.9 Å². The third-order valence-corrected chi connectivity index (χ3v) is 5.48. The number of hydrogen-bond acceptors (Lipinski definition) is 4. The lowest BCUT2D eigenvalue weighted by molar-refractivity contribution is -0.117. The Balaban J connectivity index is 1.43. The summed E-state index contributed by atoms with van der Waals surface area (Å²) in [7, 11) is 0. The summed E-state index contributed by atoms with van der Waals surface area (Å²) < 4.78 is 0. The van der Waals surface area contributed by atoms with Gasteiger partial charge in [-0.1, -0.05) is 37.3 Å². The zero-order valence-corrected chi connectivity index (χ0v) is 16.4. The number of aryl methyl sites for hydroxylation is 1. The lowest BCUT2D eigenvalue weighted by atomic mass is 10.1. The van der Waals surface area contributed by atoms with Gasteiger partial charge in [0.05, 0.1) is 5.69 Å². The molecule has 0 spiro atoms. The second-order valence-electron chi connectivity index (χ2n) is 6.89. The van der Waals surface area contributed by atoms with E-state index in [9.17, 15) is 9.59 Å². The van der Waals surface area contributed by atoms with Crippen molar-refractivity contribution < 1.29 is 9.59 Å². The number of carbonyl (C=O) groups excluding carboxylic acids is 2. The minimum atomic E-state index is -0.246. The smallest absolute Gasteiger partial charge is 0.257 e. The van der Waals surface area contributed by atoms with Crippen molar-refractivity contribution in [3.63, 3.8) is 0 Å². The fraction of sp³-hybridized carbons (Fsp3) is 0.227. The first kappa shape index (κ1) is 18.4. The van der Waals surface area contributed by atoms with Gasteiger partial charge in [-0.05, 0) is 43.0 Å². The molecule has 0 aliphatic heterocycles. The molecule has 2 N–H and O–H groups in total. The second kappa shape index (κ2) is 7.94. The lowest BCUT2D eigenvalue weighted by Crippen LogP contribution is -2.15. The van der Waals surface area contributed by atoms with E-state index in [1.54, 1.807) is 24.3 Å². The number of benzene rings is 2. The Morgan fingerprint density at radius 3 is 2.61 bits per heavy atom. The summed E-state index contributed by atoms with van der Waals surface area (Å²) in [6, 6.07) is 15.2. The van der Waals surface area contributed by atoms with Crippen LogP contribution in [0.5, 0.6) is 0 Å². The number of anilines is 2. The van der Waals surface area contributed by atoms with Crippen LogP contribution in [-0.2, 0) is 11.2 Å². The van der Waals surface area contributed by atoms with Gasteiger partial charge < -0.3 is 5.32 Å². The average Bonchev–Trinajstić information content (AvgIpc) is 3.48. The van der Waals surface area contributed by atoms with Crippen LogP contribution < -0.4 is 10.6 Å². The summed E-state index contributed by atoms with van der Waals surface area (Å²) in [6.45, 7) is 2.12. The number of nitrogens with one attached hydrogen (secondary N) is 2. The van der Waals surface area contributed by atoms with Gasteiger partial charge in [0.25, 0.3) is 5.91 Å². The van der Waals surface area contributed by atoms with Crippen molar-refractivity contribution in [2.75, 3.05) is 10.6 Å². The highest BCUT2D eigenvalue weighted by molar-refractivity contribution is 7.14. The number of rotatable bonds is 6. The molecule has 142 valence electrons. The molecule has 0 atom stereocenters. The predicted molar refractivity (Wildman–Crippen MR) is 113 cm³/mol. The summed E-state index contributed by atoms with van der Waals surface area (Å²) in [4.78, 5) is 29.0. The zero-order chi connectivity index (χ0) is 19.5. The van der Waals surface area contributed by atoms with E-state index in [1.807, 2.05) is 17.5 Å². The molecular weight excluding hydrogens is 370 g/mol. The topological polar surface area (TPSA) is 71.1 Å². The van der Waals surface area contributed by atoms with Gasteiger partial charge in [-0.25, -0.2) is 4.98 Å². The maximum Gasteiger partial charge on any atom is 0.257 e. The monoisotopic (exact) mass is 391 g/mol. The van der Waals surface area contributed by atoms with Crippen molar-refractivity contribution in [2.24, 2.45) is 5.92 Å². The molecule has 0 unspecified atom stereocenters. The number of aromatic nitrogens is 1. The van der Waals surface area contributed by atoms with Crippen LogP contribution in [-0.4, -0.2) is 16.8 Å². The summed E-state index contributed by atoms with van der Waals surface area (Å²) in [5, 5.41) is 8.19. The van der Waals surface area contributed by atoms with Crippen molar-refractivity contribution in [3.05, 3.63) is 65.0 Å². The molecule has 28 heavy (non-hydrogen) atoms. The Hall–Kier alpha value is -2.99. The summed E-state index contributed by atoms with van der Waals surface area (Å²) in [5.41, 5.74) is 4.27. The van der Waals surface area contributed by atoms with Gasteiger partial charge in [-0.15, -0.1) is 11.3 Å². The third-order valence-electron chi connectivity index (χ3n) is 4.72. The van der Waals surface area contributed by atoms with Crippen LogP contribution in [0.2, 0.25) is 0 Å². The number of nitrogens with zero attached hydrogens (tertiary/aromatic N) is 1. The van der Waals surface area contributed by atoms with Crippen molar-refractivity contribution in [1.29, 1.82) is 0 Å². The first-order valence-corrected chi connectivity index (χ1v) is 10.3. The highest BCUT2D eigenvalue weighted by atomic mass is 32.1. The standard InChI is InChI=1S/C22H21N3O2S/c1-2-14-6-8-15(9-7-14)19-13-28-22(24-19)25-21(27)17-4-3-5-18(12-17)23-20(26)16-10-11-16/h3-9,12-13,16H,2,10-11H2,1H3,(H,23,26)(H,24,25,27). The van der Waals surface area contributed by atoms with Gasteiger partial charge in [0, 0.05) is 28.1 Å². The van der Waals surface area contributed by atoms with Crippen molar-refractivity contribution in [1.82, 2.24) is 4.98 Å². The minimum absolute atomic E-state index is 0.0243. The first-order valence-electron chi connectivity index (χ1n) is 9.39. The zero-order valence-electron chi connectivity index (χ0n) is 15.6. The molecule has 1 heterocycles. The molecule has 1 aliphatic carbocycles. The molecule has 1 aromatic heterocycles. The molecule has 3 aromatic rings. The maximum absolute atomic E-state index is 12.6. The Kier molecular flexibility index (Phi) is 5.21. The molecule has 2 amide bonds. The highest BCUT2D eigenvalue weighted by Gasteiger charge is 2.29. The predicted octanol–water partition coefficient (Wildman–Crippen LogP) is 4.97. The van der Waals surface area contributed by atoms with E-state index in [1.165, 1.54) is 16.9 Å². The van der Waals surface area contributed by atoms with Crippen molar-refractivity contribution in [3.8, 4) is 11.3 Å².